The number of rotatable bonds is 8. The van der Waals surface area contributed by atoms with Gasteiger partial charge in [0.05, 0.1) is 12.6 Å². The lowest BCUT2D eigenvalue weighted by Crippen LogP contribution is -2.28. The van der Waals surface area contributed by atoms with Gasteiger partial charge in [0.15, 0.2) is 0 Å². The van der Waals surface area contributed by atoms with Crippen molar-refractivity contribution in [2.24, 2.45) is 11.8 Å². The molecule has 0 saturated carbocycles. The second-order valence-corrected chi connectivity index (χ2v) is 5.67. The Hall–Kier alpha value is -0.940. The normalized spacial score (nSPS) is 13.5. The molecule has 1 unspecified atom stereocenters. The molecule has 5 nitrogen and oxygen atoms in total. The number of hydrogen-bond acceptors (Lipinski definition) is 4. The smallest absolute Gasteiger partial charge is 0.140 e. The van der Waals surface area contributed by atoms with Crippen molar-refractivity contribution in [1.29, 1.82) is 0 Å². The summed E-state index contributed by atoms with van der Waals surface area (Å²) in [5, 5.41) is 17.2. The molecule has 0 saturated heterocycles. The lowest BCUT2D eigenvalue weighted by atomic mass is 10.1. The molecule has 0 aliphatic carbocycles. The molecule has 1 aromatic heterocycles. The van der Waals surface area contributed by atoms with E-state index >= 15 is 0 Å². The van der Waals surface area contributed by atoms with Crippen LogP contribution < -0.4 is 5.32 Å². The lowest BCUT2D eigenvalue weighted by Gasteiger charge is -2.14. The van der Waals surface area contributed by atoms with Crippen molar-refractivity contribution in [2.45, 2.75) is 53.3 Å². The maximum Gasteiger partial charge on any atom is 0.140 e. The van der Waals surface area contributed by atoms with Gasteiger partial charge in [0, 0.05) is 13.1 Å². The van der Waals surface area contributed by atoms with E-state index in [-0.39, 0.29) is 6.10 Å². The predicted octanol–water partition coefficient (Wildman–Crippen LogP) is 1.43. The summed E-state index contributed by atoms with van der Waals surface area (Å²) in [4.78, 5) is 4.23. The Labute approximate surface area is 110 Å². The van der Waals surface area contributed by atoms with Crippen molar-refractivity contribution in [3.8, 4) is 0 Å². The Morgan fingerprint density at radius 3 is 2.61 bits per heavy atom. The van der Waals surface area contributed by atoms with Crippen LogP contribution in [0.2, 0.25) is 0 Å². The second-order valence-electron chi connectivity index (χ2n) is 5.67. The van der Waals surface area contributed by atoms with Crippen LogP contribution in [0, 0.1) is 11.8 Å². The quantitative estimate of drug-likeness (QED) is 0.736. The van der Waals surface area contributed by atoms with Gasteiger partial charge in [-0.15, -0.1) is 0 Å². The van der Waals surface area contributed by atoms with Crippen LogP contribution in [0.5, 0.6) is 0 Å². The van der Waals surface area contributed by atoms with Crippen molar-refractivity contribution in [1.82, 2.24) is 20.1 Å². The highest BCUT2D eigenvalue weighted by molar-refractivity contribution is 4.84. The van der Waals surface area contributed by atoms with Crippen LogP contribution in [-0.2, 0) is 13.1 Å². The van der Waals surface area contributed by atoms with Crippen LogP contribution in [0.4, 0.5) is 0 Å². The van der Waals surface area contributed by atoms with Gasteiger partial charge >= 0.3 is 0 Å². The first-order chi connectivity index (χ1) is 8.49. The van der Waals surface area contributed by atoms with E-state index < -0.39 is 0 Å². The SMILES string of the molecule is CC(C)CC(O)CNCc1ncnn1CC(C)C. The fourth-order valence-electron chi connectivity index (χ4n) is 1.90. The van der Waals surface area contributed by atoms with Crippen LogP contribution in [0.15, 0.2) is 6.33 Å². The van der Waals surface area contributed by atoms with Crippen molar-refractivity contribution < 1.29 is 5.11 Å². The summed E-state index contributed by atoms with van der Waals surface area (Å²) in [7, 11) is 0. The number of aliphatic hydroxyl groups excluding tert-OH is 1. The summed E-state index contributed by atoms with van der Waals surface area (Å²) >= 11 is 0. The van der Waals surface area contributed by atoms with E-state index in [9.17, 15) is 5.11 Å². The van der Waals surface area contributed by atoms with Gasteiger partial charge in [-0.1, -0.05) is 27.7 Å². The van der Waals surface area contributed by atoms with Gasteiger partial charge in [0.25, 0.3) is 0 Å². The van der Waals surface area contributed by atoms with Gasteiger partial charge in [-0.3, -0.25) is 0 Å². The largest absolute Gasteiger partial charge is 0.392 e. The average Bonchev–Trinajstić information content (AvgIpc) is 2.63. The first-order valence-corrected chi connectivity index (χ1v) is 6.74. The first-order valence-electron chi connectivity index (χ1n) is 6.74. The Kier molecular flexibility index (Phi) is 6.29. The third kappa shape index (κ3) is 5.60. The number of nitrogens with zero attached hydrogens (tertiary/aromatic N) is 3. The molecule has 0 fully saturated rings. The third-order valence-corrected chi connectivity index (χ3v) is 2.64. The highest BCUT2D eigenvalue weighted by atomic mass is 16.3. The van der Waals surface area contributed by atoms with E-state index in [1.807, 2.05) is 4.68 Å². The summed E-state index contributed by atoms with van der Waals surface area (Å²) in [6, 6.07) is 0. The van der Waals surface area contributed by atoms with Gasteiger partial charge < -0.3 is 10.4 Å². The molecular formula is C13H26N4O. The molecule has 1 aromatic rings. The maximum absolute atomic E-state index is 9.76. The van der Waals surface area contributed by atoms with E-state index in [1.54, 1.807) is 6.33 Å². The molecule has 18 heavy (non-hydrogen) atoms. The standard InChI is InChI=1S/C13H26N4O/c1-10(2)5-12(18)6-14-7-13-15-9-16-17(13)8-11(3)4/h9-12,14,18H,5-8H2,1-4H3. The minimum absolute atomic E-state index is 0.286. The summed E-state index contributed by atoms with van der Waals surface area (Å²) in [5.74, 6) is 2.00. The van der Waals surface area contributed by atoms with Gasteiger partial charge in [0.2, 0.25) is 0 Å². The van der Waals surface area contributed by atoms with E-state index in [0.717, 1.165) is 18.8 Å². The molecular weight excluding hydrogens is 228 g/mol. The zero-order valence-corrected chi connectivity index (χ0v) is 11.9. The average molecular weight is 254 g/mol. The molecule has 104 valence electrons. The number of nitrogens with one attached hydrogen (secondary N) is 1. The molecule has 0 amide bonds. The number of aromatic nitrogens is 3. The maximum atomic E-state index is 9.76. The minimum Gasteiger partial charge on any atom is -0.392 e. The minimum atomic E-state index is -0.286. The third-order valence-electron chi connectivity index (χ3n) is 2.64. The van der Waals surface area contributed by atoms with Crippen molar-refractivity contribution in [3.05, 3.63) is 12.2 Å². The Morgan fingerprint density at radius 1 is 1.28 bits per heavy atom. The molecule has 0 aliphatic heterocycles. The van der Waals surface area contributed by atoms with Gasteiger partial charge in [0.1, 0.15) is 12.2 Å². The molecule has 5 heteroatoms. The number of aliphatic hydroxyl groups is 1. The summed E-state index contributed by atoms with van der Waals surface area (Å²) in [5.41, 5.74) is 0. The zero-order chi connectivity index (χ0) is 13.5. The Morgan fingerprint density at radius 2 is 2.00 bits per heavy atom. The Bertz CT molecular complexity index is 335. The van der Waals surface area contributed by atoms with Crippen molar-refractivity contribution >= 4 is 0 Å². The molecule has 1 heterocycles. The van der Waals surface area contributed by atoms with E-state index in [2.05, 4.69) is 43.1 Å². The van der Waals surface area contributed by atoms with Crippen molar-refractivity contribution in [2.75, 3.05) is 6.54 Å². The monoisotopic (exact) mass is 254 g/mol. The fraction of sp³-hybridized carbons (Fsp3) is 0.846. The molecule has 0 aromatic carbocycles. The highest BCUT2D eigenvalue weighted by Gasteiger charge is 2.09. The lowest BCUT2D eigenvalue weighted by molar-refractivity contribution is 0.145. The highest BCUT2D eigenvalue weighted by Crippen LogP contribution is 2.04. The van der Waals surface area contributed by atoms with E-state index in [4.69, 9.17) is 0 Å². The topological polar surface area (TPSA) is 63.0 Å². The molecule has 1 rings (SSSR count). The number of hydrogen-bond donors (Lipinski definition) is 2. The summed E-state index contributed by atoms with van der Waals surface area (Å²) in [6.45, 7) is 10.7. The van der Waals surface area contributed by atoms with Gasteiger partial charge in [-0.25, -0.2) is 9.67 Å². The van der Waals surface area contributed by atoms with Gasteiger partial charge in [-0.05, 0) is 18.3 Å². The second kappa shape index (κ2) is 7.48. The predicted molar refractivity (Wildman–Crippen MR) is 72.0 cm³/mol. The molecule has 0 aliphatic rings. The molecule has 0 radical (unpaired) electrons. The van der Waals surface area contributed by atoms with Crippen LogP contribution in [0.1, 0.15) is 39.9 Å². The fourth-order valence-corrected chi connectivity index (χ4v) is 1.90. The van der Waals surface area contributed by atoms with Crippen molar-refractivity contribution in [3.63, 3.8) is 0 Å². The molecule has 0 spiro atoms. The van der Waals surface area contributed by atoms with Crippen LogP contribution in [0.3, 0.4) is 0 Å². The molecule has 1 atom stereocenters. The zero-order valence-electron chi connectivity index (χ0n) is 11.9. The van der Waals surface area contributed by atoms with Gasteiger partial charge in [-0.2, -0.15) is 5.10 Å². The summed E-state index contributed by atoms with van der Waals surface area (Å²) in [6.07, 6.45) is 2.13. The van der Waals surface area contributed by atoms with Crippen LogP contribution in [0.25, 0.3) is 0 Å². The molecule has 2 N–H and O–H groups in total. The van der Waals surface area contributed by atoms with Crippen LogP contribution in [-0.4, -0.2) is 32.5 Å². The van der Waals surface area contributed by atoms with E-state index in [0.29, 0.717) is 24.9 Å². The summed E-state index contributed by atoms with van der Waals surface area (Å²) < 4.78 is 1.92. The molecule has 0 bridgehead atoms. The first kappa shape index (κ1) is 15.1. The van der Waals surface area contributed by atoms with Crippen LogP contribution >= 0.6 is 0 Å². The van der Waals surface area contributed by atoms with E-state index in [1.165, 1.54) is 0 Å². The Balaban J connectivity index is 2.33.